The van der Waals surface area contributed by atoms with Crippen molar-refractivity contribution < 1.29 is 8.78 Å². The Morgan fingerprint density at radius 3 is 2.67 bits per heavy atom. The fourth-order valence-corrected chi connectivity index (χ4v) is 3.95. The predicted molar refractivity (Wildman–Crippen MR) is 106 cm³/mol. The maximum Gasteiger partial charge on any atom is 0.194 e. The average Bonchev–Trinajstić information content (AvgIpc) is 2.67. The van der Waals surface area contributed by atoms with Gasteiger partial charge in [0.05, 0.1) is 5.69 Å². The van der Waals surface area contributed by atoms with Gasteiger partial charge in [0.2, 0.25) is 0 Å². The molecule has 1 aromatic rings. The number of hydrogen-bond acceptors (Lipinski definition) is 3. The highest BCUT2D eigenvalue weighted by molar-refractivity contribution is 5.80. The SMILES string of the molecule is CCNC(=NCC1CCCN(C)C1)N1CCN(c2cc(F)ccc2F)CC1. The van der Waals surface area contributed by atoms with Gasteiger partial charge in [0, 0.05) is 51.9 Å². The minimum Gasteiger partial charge on any atom is -0.366 e. The Morgan fingerprint density at radius 2 is 1.96 bits per heavy atom. The number of likely N-dealkylation sites (tertiary alicyclic amines) is 1. The standard InChI is InChI=1S/C20H31F2N5/c1-3-23-20(24-14-16-5-4-8-25(2)15-16)27-11-9-26(10-12-27)19-13-17(21)6-7-18(19)22/h6-7,13,16H,3-5,8-12,14-15H2,1-2H3,(H,23,24). The van der Waals surface area contributed by atoms with Crippen molar-refractivity contribution in [2.45, 2.75) is 19.8 Å². The molecule has 0 radical (unpaired) electrons. The van der Waals surface area contributed by atoms with Gasteiger partial charge in [0.15, 0.2) is 5.96 Å². The first kappa shape index (κ1) is 19.9. The molecule has 1 atom stereocenters. The Morgan fingerprint density at radius 1 is 1.19 bits per heavy atom. The third-order valence-corrected chi connectivity index (χ3v) is 5.38. The van der Waals surface area contributed by atoms with E-state index in [4.69, 9.17) is 4.99 Å². The van der Waals surface area contributed by atoms with E-state index >= 15 is 0 Å². The highest BCUT2D eigenvalue weighted by Gasteiger charge is 2.23. The van der Waals surface area contributed by atoms with Crippen LogP contribution >= 0.6 is 0 Å². The van der Waals surface area contributed by atoms with Gasteiger partial charge in [-0.15, -0.1) is 0 Å². The summed E-state index contributed by atoms with van der Waals surface area (Å²) in [5, 5.41) is 3.39. The number of nitrogens with zero attached hydrogens (tertiary/aromatic N) is 4. The van der Waals surface area contributed by atoms with Crippen molar-refractivity contribution in [3.8, 4) is 0 Å². The maximum atomic E-state index is 14.0. The van der Waals surface area contributed by atoms with Crippen LogP contribution in [0.3, 0.4) is 0 Å². The van der Waals surface area contributed by atoms with Crippen LogP contribution < -0.4 is 10.2 Å². The summed E-state index contributed by atoms with van der Waals surface area (Å²) in [4.78, 5) is 11.4. The number of benzene rings is 1. The Labute approximate surface area is 161 Å². The van der Waals surface area contributed by atoms with Crippen LogP contribution in [0.25, 0.3) is 0 Å². The number of anilines is 1. The fourth-order valence-electron chi connectivity index (χ4n) is 3.95. The van der Waals surface area contributed by atoms with Gasteiger partial charge in [-0.3, -0.25) is 4.99 Å². The van der Waals surface area contributed by atoms with Crippen LogP contribution in [-0.2, 0) is 0 Å². The van der Waals surface area contributed by atoms with Gasteiger partial charge in [0.1, 0.15) is 11.6 Å². The maximum absolute atomic E-state index is 14.0. The van der Waals surface area contributed by atoms with Crippen molar-refractivity contribution in [3.63, 3.8) is 0 Å². The average molecular weight is 379 g/mol. The van der Waals surface area contributed by atoms with E-state index in [-0.39, 0.29) is 5.82 Å². The van der Waals surface area contributed by atoms with E-state index in [0.717, 1.165) is 44.7 Å². The van der Waals surface area contributed by atoms with Crippen molar-refractivity contribution in [1.82, 2.24) is 15.1 Å². The number of guanidine groups is 1. The third kappa shape index (κ3) is 5.31. The predicted octanol–water partition coefficient (Wildman–Crippen LogP) is 2.39. The zero-order chi connectivity index (χ0) is 19.2. The van der Waals surface area contributed by atoms with Gasteiger partial charge in [-0.25, -0.2) is 8.78 Å². The molecule has 7 heteroatoms. The van der Waals surface area contributed by atoms with Crippen molar-refractivity contribution in [2.75, 3.05) is 64.3 Å². The molecule has 1 unspecified atom stereocenters. The third-order valence-electron chi connectivity index (χ3n) is 5.38. The van der Waals surface area contributed by atoms with Crippen LogP contribution in [0.2, 0.25) is 0 Å². The zero-order valence-electron chi connectivity index (χ0n) is 16.4. The second kappa shape index (κ2) is 9.35. The number of hydrogen-bond donors (Lipinski definition) is 1. The molecule has 5 nitrogen and oxygen atoms in total. The summed E-state index contributed by atoms with van der Waals surface area (Å²) in [5.74, 6) is 0.776. The van der Waals surface area contributed by atoms with Crippen molar-refractivity contribution in [1.29, 1.82) is 0 Å². The lowest BCUT2D eigenvalue weighted by atomic mass is 9.99. The van der Waals surface area contributed by atoms with E-state index < -0.39 is 5.82 Å². The topological polar surface area (TPSA) is 34.1 Å². The number of piperazine rings is 1. The number of nitrogens with one attached hydrogen (secondary N) is 1. The first-order valence-electron chi connectivity index (χ1n) is 9.98. The molecule has 0 spiro atoms. The van der Waals surface area contributed by atoms with Gasteiger partial charge in [-0.1, -0.05) is 0 Å². The summed E-state index contributed by atoms with van der Waals surface area (Å²) in [6, 6.07) is 3.64. The first-order chi connectivity index (χ1) is 13.1. The minimum atomic E-state index is -0.402. The first-order valence-corrected chi connectivity index (χ1v) is 9.98. The molecular weight excluding hydrogens is 348 g/mol. The van der Waals surface area contributed by atoms with Crippen LogP contribution in [0.4, 0.5) is 14.5 Å². The van der Waals surface area contributed by atoms with Gasteiger partial charge in [0.25, 0.3) is 0 Å². The van der Waals surface area contributed by atoms with Crippen molar-refractivity contribution in [2.24, 2.45) is 10.9 Å². The van der Waals surface area contributed by atoms with Crippen LogP contribution in [0.1, 0.15) is 19.8 Å². The van der Waals surface area contributed by atoms with E-state index in [2.05, 4.69) is 29.1 Å². The summed E-state index contributed by atoms with van der Waals surface area (Å²) in [6.45, 7) is 8.80. The zero-order valence-corrected chi connectivity index (χ0v) is 16.4. The van der Waals surface area contributed by atoms with E-state index in [1.165, 1.54) is 31.5 Å². The summed E-state index contributed by atoms with van der Waals surface area (Å²) < 4.78 is 27.5. The number of rotatable bonds is 4. The lowest BCUT2D eigenvalue weighted by Crippen LogP contribution is -2.53. The second-order valence-electron chi connectivity index (χ2n) is 7.53. The van der Waals surface area contributed by atoms with Crippen molar-refractivity contribution in [3.05, 3.63) is 29.8 Å². The Balaban J connectivity index is 1.59. The molecule has 2 saturated heterocycles. The summed E-state index contributed by atoms with van der Waals surface area (Å²) in [7, 11) is 2.17. The fraction of sp³-hybridized carbons (Fsp3) is 0.650. The molecule has 0 saturated carbocycles. The van der Waals surface area contributed by atoms with Crippen LogP contribution in [-0.4, -0.2) is 75.2 Å². The van der Waals surface area contributed by atoms with Crippen LogP contribution in [0, 0.1) is 17.6 Å². The molecule has 0 amide bonds. The molecule has 2 heterocycles. The van der Waals surface area contributed by atoms with E-state index in [0.29, 0.717) is 24.7 Å². The Bertz CT molecular complexity index is 643. The normalized spacial score (nSPS) is 22.2. The van der Waals surface area contributed by atoms with Crippen LogP contribution in [0.15, 0.2) is 23.2 Å². The number of aliphatic imine (C=N–C) groups is 1. The molecule has 2 fully saturated rings. The van der Waals surface area contributed by atoms with E-state index in [9.17, 15) is 8.78 Å². The van der Waals surface area contributed by atoms with Crippen molar-refractivity contribution >= 4 is 11.6 Å². The molecule has 1 aromatic carbocycles. The molecule has 3 rings (SSSR count). The van der Waals surface area contributed by atoms with E-state index in [1.54, 1.807) is 0 Å². The van der Waals surface area contributed by atoms with E-state index in [1.807, 2.05) is 4.90 Å². The monoisotopic (exact) mass is 379 g/mol. The Hall–Kier alpha value is -1.89. The van der Waals surface area contributed by atoms with Gasteiger partial charge in [-0.05, 0) is 51.4 Å². The van der Waals surface area contributed by atoms with Gasteiger partial charge >= 0.3 is 0 Å². The van der Waals surface area contributed by atoms with Gasteiger partial charge in [-0.2, -0.15) is 0 Å². The quantitative estimate of drug-likeness (QED) is 0.644. The minimum absolute atomic E-state index is 0.349. The van der Waals surface area contributed by atoms with Gasteiger partial charge < -0.3 is 20.0 Å². The molecule has 150 valence electrons. The second-order valence-corrected chi connectivity index (χ2v) is 7.53. The molecule has 2 aliphatic heterocycles. The molecule has 2 aliphatic rings. The molecule has 1 N–H and O–H groups in total. The summed E-state index contributed by atoms with van der Waals surface area (Å²) >= 11 is 0. The molecule has 0 aromatic heterocycles. The number of halogens is 2. The highest BCUT2D eigenvalue weighted by atomic mass is 19.1. The summed E-state index contributed by atoms with van der Waals surface area (Å²) in [5.41, 5.74) is 0.349. The molecule has 27 heavy (non-hydrogen) atoms. The Kier molecular flexibility index (Phi) is 6.88. The lowest BCUT2D eigenvalue weighted by Gasteiger charge is -2.38. The lowest BCUT2D eigenvalue weighted by molar-refractivity contribution is 0.214. The summed E-state index contributed by atoms with van der Waals surface area (Å²) in [6.07, 6.45) is 2.48. The molecular formula is C20H31F2N5. The highest BCUT2D eigenvalue weighted by Crippen LogP contribution is 2.22. The molecule has 0 aliphatic carbocycles. The molecule has 0 bridgehead atoms. The van der Waals surface area contributed by atoms with Crippen LogP contribution in [0.5, 0.6) is 0 Å². The smallest absolute Gasteiger partial charge is 0.194 e. The largest absolute Gasteiger partial charge is 0.366 e. The number of piperidine rings is 1.